The van der Waals surface area contributed by atoms with E-state index in [2.05, 4.69) is 57.6 Å². The number of hydrazine groups is 1. The van der Waals surface area contributed by atoms with Crippen LogP contribution in [0.3, 0.4) is 0 Å². The van der Waals surface area contributed by atoms with Gasteiger partial charge in [-0.1, -0.05) is 55.3 Å². The zero-order chi connectivity index (χ0) is 17.7. The number of hydrogen-bond acceptors (Lipinski definition) is 2. The fourth-order valence-corrected chi connectivity index (χ4v) is 3.10. The molecule has 0 radical (unpaired) electrons. The number of carbonyl (C=O) groups is 1. The van der Waals surface area contributed by atoms with Crippen LogP contribution in [-0.4, -0.2) is 5.91 Å². The van der Waals surface area contributed by atoms with Crippen molar-refractivity contribution in [3.8, 4) is 0 Å². The molecule has 1 aliphatic rings. The van der Waals surface area contributed by atoms with E-state index in [9.17, 15) is 4.79 Å². The third-order valence-electron chi connectivity index (χ3n) is 4.79. The summed E-state index contributed by atoms with van der Waals surface area (Å²) in [5.41, 5.74) is 10.4. The molecular weight excluding hydrogens is 296 g/mol. The smallest absolute Gasteiger partial charge is 0.269 e. The van der Waals surface area contributed by atoms with Gasteiger partial charge in [-0.25, -0.2) is 0 Å². The summed E-state index contributed by atoms with van der Waals surface area (Å²) in [6.45, 7) is 10.9. The molecule has 128 valence electrons. The third-order valence-corrected chi connectivity index (χ3v) is 4.79. The molecule has 0 saturated heterocycles. The molecule has 1 aliphatic carbocycles. The van der Waals surface area contributed by atoms with Crippen LogP contribution >= 0.6 is 0 Å². The Morgan fingerprint density at radius 3 is 2.38 bits per heavy atom. The van der Waals surface area contributed by atoms with E-state index in [1.54, 1.807) is 12.1 Å². The van der Waals surface area contributed by atoms with Gasteiger partial charge in [-0.15, -0.1) is 0 Å². The molecule has 3 unspecified atom stereocenters. The molecule has 1 amide bonds. The summed E-state index contributed by atoms with van der Waals surface area (Å²) in [4.78, 5) is 12.1. The second-order valence-corrected chi connectivity index (χ2v) is 6.87. The van der Waals surface area contributed by atoms with Gasteiger partial charge < -0.3 is 5.43 Å². The highest BCUT2D eigenvalue weighted by Crippen LogP contribution is 2.38. The molecule has 3 nitrogen and oxygen atoms in total. The molecule has 1 aromatic rings. The zero-order valence-corrected chi connectivity index (χ0v) is 15.3. The number of hydrogen-bond donors (Lipinski definition) is 2. The largest absolute Gasteiger partial charge is 0.306 e. The maximum absolute atomic E-state index is 12.1. The van der Waals surface area contributed by atoms with Crippen LogP contribution in [-0.2, 0) is 0 Å². The minimum absolute atomic E-state index is 0.130. The molecule has 3 atom stereocenters. The van der Waals surface area contributed by atoms with Gasteiger partial charge in [-0.2, -0.15) is 0 Å². The van der Waals surface area contributed by atoms with Crippen LogP contribution in [0.2, 0.25) is 0 Å². The van der Waals surface area contributed by atoms with Crippen molar-refractivity contribution in [3.63, 3.8) is 0 Å². The summed E-state index contributed by atoms with van der Waals surface area (Å²) in [7, 11) is 0. The van der Waals surface area contributed by atoms with Gasteiger partial charge in [0.05, 0.1) is 0 Å². The number of benzene rings is 1. The van der Waals surface area contributed by atoms with Gasteiger partial charge in [0, 0.05) is 17.7 Å². The standard InChI is InChI=1S/C21H28N2O/c1-14(2)11-19-12-15(3)16(4)17(5)20(19)13-22-23-21(24)18-9-7-6-8-10-18/h6-13,16-17,19,22H,1-5H3,(H,23,24). The minimum Gasteiger partial charge on any atom is -0.306 e. The quantitative estimate of drug-likeness (QED) is 0.627. The van der Waals surface area contributed by atoms with Crippen LogP contribution < -0.4 is 10.9 Å². The van der Waals surface area contributed by atoms with Gasteiger partial charge in [-0.3, -0.25) is 10.2 Å². The van der Waals surface area contributed by atoms with Gasteiger partial charge in [0.15, 0.2) is 0 Å². The van der Waals surface area contributed by atoms with E-state index in [1.165, 1.54) is 16.7 Å². The maximum atomic E-state index is 12.1. The molecule has 0 heterocycles. The van der Waals surface area contributed by atoms with Gasteiger partial charge >= 0.3 is 0 Å². The van der Waals surface area contributed by atoms with E-state index in [1.807, 2.05) is 24.4 Å². The van der Waals surface area contributed by atoms with Crippen molar-refractivity contribution in [3.05, 3.63) is 71.0 Å². The first-order chi connectivity index (χ1) is 11.4. The third kappa shape index (κ3) is 4.38. The highest BCUT2D eigenvalue weighted by molar-refractivity contribution is 5.93. The number of amides is 1. The predicted octanol–water partition coefficient (Wildman–Crippen LogP) is 4.62. The maximum Gasteiger partial charge on any atom is 0.269 e. The molecule has 2 N–H and O–H groups in total. The lowest BCUT2D eigenvalue weighted by Gasteiger charge is -2.33. The van der Waals surface area contributed by atoms with Crippen LogP contribution in [0, 0.1) is 17.8 Å². The molecular formula is C21H28N2O. The van der Waals surface area contributed by atoms with Crippen molar-refractivity contribution in [2.45, 2.75) is 34.6 Å². The van der Waals surface area contributed by atoms with Crippen molar-refractivity contribution in [2.75, 3.05) is 0 Å². The summed E-state index contributed by atoms with van der Waals surface area (Å²) in [6, 6.07) is 9.21. The van der Waals surface area contributed by atoms with Crippen LogP contribution in [0.1, 0.15) is 45.0 Å². The van der Waals surface area contributed by atoms with Crippen LogP contribution in [0.4, 0.5) is 0 Å². The highest BCUT2D eigenvalue weighted by atomic mass is 16.2. The van der Waals surface area contributed by atoms with Crippen LogP contribution in [0.5, 0.6) is 0 Å². The molecule has 0 bridgehead atoms. The summed E-state index contributed by atoms with van der Waals surface area (Å²) in [6.07, 6.45) is 6.55. The van der Waals surface area contributed by atoms with Gasteiger partial charge in [0.1, 0.15) is 0 Å². The molecule has 2 rings (SSSR count). The Morgan fingerprint density at radius 2 is 1.75 bits per heavy atom. The molecule has 0 aliphatic heterocycles. The Hall–Kier alpha value is -2.29. The average molecular weight is 324 g/mol. The fourth-order valence-electron chi connectivity index (χ4n) is 3.10. The average Bonchev–Trinajstić information content (AvgIpc) is 2.56. The SMILES string of the molecule is CC(C)=CC1C=C(C)C(C)C(C)C1=CNNC(=O)c1ccccc1. The molecule has 0 fully saturated rings. The molecule has 3 heteroatoms. The second kappa shape index (κ2) is 8.00. The first kappa shape index (κ1) is 18.1. The molecule has 0 spiro atoms. The van der Waals surface area contributed by atoms with Crippen LogP contribution in [0.15, 0.2) is 65.4 Å². The first-order valence-electron chi connectivity index (χ1n) is 8.54. The summed E-state index contributed by atoms with van der Waals surface area (Å²) in [5.74, 6) is 1.08. The number of rotatable bonds is 4. The Balaban J connectivity index is 2.13. The Labute approximate surface area is 145 Å². The molecule has 0 saturated carbocycles. The van der Waals surface area contributed by atoms with Crippen molar-refractivity contribution in [2.24, 2.45) is 17.8 Å². The lowest BCUT2D eigenvalue weighted by Crippen LogP contribution is -2.35. The van der Waals surface area contributed by atoms with E-state index in [0.717, 1.165) is 0 Å². The van der Waals surface area contributed by atoms with Crippen molar-refractivity contribution < 1.29 is 4.79 Å². The number of allylic oxidation sites excluding steroid dienone is 5. The van der Waals surface area contributed by atoms with E-state index in [-0.39, 0.29) is 11.8 Å². The lowest BCUT2D eigenvalue weighted by atomic mass is 9.73. The first-order valence-corrected chi connectivity index (χ1v) is 8.54. The lowest BCUT2D eigenvalue weighted by molar-refractivity contribution is 0.0940. The molecule has 0 aromatic heterocycles. The van der Waals surface area contributed by atoms with Crippen molar-refractivity contribution in [1.82, 2.24) is 10.9 Å². The van der Waals surface area contributed by atoms with E-state index < -0.39 is 0 Å². The number of carbonyl (C=O) groups excluding carboxylic acids is 1. The summed E-state index contributed by atoms with van der Waals surface area (Å²) >= 11 is 0. The minimum atomic E-state index is -0.130. The van der Waals surface area contributed by atoms with Gasteiger partial charge in [0.25, 0.3) is 5.91 Å². The Morgan fingerprint density at radius 1 is 1.08 bits per heavy atom. The van der Waals surface area contributed by atoms with E-state index in [0.29, 0.717) is 17.4 Å². The number of nitrogens with one attached hydrogen (secondary N) is 2. The summed E-state index contributed by atoms with van der Waals surface area (Å²) < 4.78 is 0. The Bertz CT molecular complexity index is 666. The van der Waals surface area contributed by atoms with E-state index >= 15 is 0 Å². The second-order valence-electron chi connectivity index (χ2n) is 6.87. The normalized spacial score (nSPS) is 25.0. The fraction of sp³-hybridized carbons (Fsp3) is 0.381. The van der Waals surface area contributed by atoms with Gasteiger partial charge in [0.2, 0.25) is 0 Å². The van der Waals surface area contributed by atoms with Crippen molar-refractivity contribution in [1.29, 1.82) is 0 Å². The van der Waals surface area contributed by atoms with Gasteiger partial charge in [-0.05, 0) is 50.3 Å². The topological polar surface area (TPSA) is 41.1 Å². The predicted molar refractivity (Wildman–Crippen MR) is 100 cm³/mol. The monoisotopic (exact) mass is 324 g/mol. The zero-order valence-electron chi connectivity index (χ0n) is 15.3. The van der Waals surface area contributed by atoms with Crippen molar-refractivity contribution >= 4 is 5.91 Å². The molecule has 24 heavy (non-hydrogen) atoms. The highest BCUT2D eigenvalue weighted by Gasteiger charge is 2.27. The molecule has 1 aromatic carbocycles. The summed E-state index contributed by atoms with van der Waals surface area (Å²) in [5, 5.41) is 0. The van der Waals surface area contributed by atoms with Crippen LogP contribution in [0.25, 0.3) is 0 Å². The van der Waals surface area contributed by atoms with E-state index in [4.69, 9.17) is 0 Å². The Kier molecular flexibility index (Phi) is 6.02.